The van der Waals surface area contributed by atoms with Crippen LogP contribution in [-0.2, 0) is 0 Å². The van der Waals surface area contributed by atoms with Crippen molar-refractivity contribution in [1.82, 2.24) is 10.2 Å². The van der Waals surface area contributed by atoms with Crippen molar-refractivity contribution in [2.45, 2.75) is 45.1 Å². The quantitative estimate of drug-likeness (QED) is 0.617. The van der Waals surface area contributed by atoms with E-state index < -0.39 is 0 Å². The summed E-state index contributed by atoms with van der Waals surface area (Å²) in [6.07, 6.45) is 7.00. The van der Waals surface area contributed by atoms with Crippen LogP contribution in [-0.4, -0.2) is 37.6 Å². The monoisotopic (exact) mass is 210 g/mol. The minimum Gasteiger partial charge on any atom is -0.314 e. The van der Waals surface area contributed by atoms with E-state index in [4.69, 9.17) is 0 Å². The van der Waals surface area contributed by atoms with Crippen molar-refractivity contribution in [2.24, 2.45) is 11.8 Å². The summed E-state index contributed by atoms with van der Waals surface area (Å²) in [5, 5.41) is 3.57. The zero-order valence-corrected chi connectivity index (χ0v) is 10.3. The molecule has 2 aliphatic rings. The third-order valence-electron chi connectivity index (χ3n) is 3.80. The van der Waals surface area contributed by atoms with E-state index in [1.54, 1.807) is 0 Å². The predicted octanol–water partition coefficient (Wildman–Crippen LogP) is 2.11. The van der Waals surface area contributed by atoms with E-state index in [2.05, 4.69) is 24.2 Å². The van der Waals surface area contributed by atoms with Crippen molar-refractivity contribution in [3.8, 4) is 0 Å². The van der Waals surface area contributed by atoms with Gasteiger partial charge in [-0.2, -0.15) is 0 Å². The molecule has 88 valence electrons. The molecule has 2 rings (SSSR count). The second-order valence-corrected chi connectivity index (χ2v) is 5.67. The van der Waals surface area contributed by atoms with Gasteiger partial charge >= 0.3 is 0 Å². The fourth-order valence-corrected chi connectivity index (χ4v) is 2.25. The summed E-state index contributed by atoms with van der Waals surface area (Å²) in [4.78, 5) is 2.52. The lowest BCUT2D eigenvalue weighted by atomic mass is 10.2. The number of nitrogens with one attached hydrogen (secondary N) is 1. The average Bonchev–Trinajstić information content (AvgIpc) is 3.07. The Kier molecular flexibility index (Phi) is 4.04. The van der Waals surface area contributed by atoms with Gasteiger partial charge in [0.1, 0.15) is 0 Å². The van der Waals surface area contributed by atoms with Crippen LogP contribution in [0.3, 0.4) is 0 Å². The summed E-state index contributed by atoms with van der Waals surface area (Å²) in [5.74, 6) is 2.02. The second kappa shape index (κ2) is 5.31. The lowest BCUT2D eigenvalue weighted by molar-refractivity contribution is 0.307. The lowest BCUT2D eigenvalue weighted by Crippen LogP contribution is -2.24. The van der Waals surface area contributed by atoms with Crippen molar-refractivity contribution in [2.75, 3.05) is 26.7 Å². The van der Waals surface area contributed by atoms with E-state index in [1.165, 1.54) is 51.7 Å². The fraction of sp³-hybridized carbons (Fsp3) is 1.00. The standard InChI is InChI=1S/C13H26N2/c1-11-9-12(11)10-15(2)8-4-3-7-14-13-5-6-13/h11-14H,3-10H2,1-2H3. The number of rotatable bonds is 8. The highest BCUT2D eigenvalue weighted by Gasteiger charge is 2.32. The molecule has 2 atom stereocenters. The molecule has 0 aliphatic heterocycles. The minimum atomic E-state index is 0.884. The number of unbranched alkanes of at least 4 members (excludes halogenated alkanes) is 1. The van der Waals surface area contributed by atoms with E-state index >= 15 is 0 Å². The molecule has 0 spiro atoms. The Balaban J connectivity index is 1.39. The fourth-order valence-electron chi connectivity index (χ4n) is 2.25. The molecule has 2 aliphatic carbocycles. The Morgan fingerprint density at radius 2 is 2.00 bits per heavy atom. The summed E-state index contributed by atoms with van der Waals surface area (Å²) in [5.41, 5.74) is 0. The van der Waals surface area contributed by atoms with Gasteiger partial charge in [0.2, 0.25) is 0 Å². The molecule has 0 radical (unpaired) electrons. The summed E-state index contributed by atoms with van der Waals surface area (Å²) >= 11 is 0. The summed E-state index contributed by atoms with van der Waals surface area (Å²) < 4.78 is 0. The molecular formula is C13H26N2. The van der Waals surface area contributed by atoms with Crippen molar-refractivity contribution >= 4 is 0 Å². The van der Waals surface area contributed by atoms with Gasteiger partial charge < -0.3 is 10.2 Å². The van der Waals surface area contributed by atoms with Gasteiger partial charge in [-0.1, -0.05) is 6.92 Å². The van der Waals surface area contributed by atoms with Crippen LogP contribution in [0, 0.1) is 11.8 Å². The molecule has 2 fully saturated rings. The Hall–Kier alpha value is -0.0800. The molecule has 0 amide bonds. The van der Waals surface area contributed by atoms with Crippen LogP contribution in [0.25, 0.3) is 0 Å². The summed E-state index contributed by atoms with van der Waals surface area (Å²) in [6.45, 7) is 6.23. The molecule has 0 aromatic rings. The largest absolute Gasteiger partial charge is 0.314 e. The maximum absolute atomic E-state index is 3.57. The minimum absolute atomic E-state index is 0.884. The van der Waals surface area contributed by atoms with Crippen LogP contribution >= 0.6 is 0 Å². The van der Waals surface area contributed by atoms with Crippen LogP contribution < -0.4 is 5.32 Å². The summed E-state index contributed by atoms with van der Waals surface area (Å²) in [7, 11) is 2.28. The molecule has 2 heteroatoms. The van der Waals surface area contributed by atoms with Crippen molar-refractivity contribution < 1.29 is 0 Å². The smallest absolute Gasteiger partial charge is 0.00682 e. The van der Waals surface area contributed by atoms with Crippen LogP contribution in [0.5, 0.6) is 0 Å². The molecule has 0 aromatic heterocycles. The second-order valence-electron chi connectivity index (χ2n) is 5.67. The van der Waals surface area contributed by atoms with Gasteiger partial charge in [0.05, 0.1) is 0 Å². The number of hydrogen-bond acceptors (Lipinski definition) is 2. The van der Waals surface area contributed by atoms with Crippen LogP contribution in [0.4, 0.5) is 0 Å². The molecule has 0 heterocycles. The number of nitrogens with zero attached hydrogens (tertiary/aromatic N) is 1. The van der Waals surface area contributed by atoms with Crippen molar-refractivity contribution in [1.29, 1.82) is 0 Å². The first-order chi connectivity index (χ1) is 7.25. The Morgan fingerprint density at radius 1 is 1.27 bits per heavy atom. The zero-order valence-electron chi connectivity index (χ0n) is 10.3. The maximum atomic E-state index is 3.57. The molecule has 2 unspecified atom stereocenters. The predicted molar refractivity (Wildman–Crippen MR) is 65.0 cm³/mol. The van der Waals surface area contributed by atoms with Gasteiger partial charge in [-0.05, 0) is 64.1 Å². The molecular weight excluding hydrogens is 184 g/mol. The van der Waals surface area contributed by atoms with E-state index in [9.17, 15) is 0 Å². The van der Waals surface area contributed by atoms with E-state index in [-0.39, 0.29) is 0 Å². The highest BCUT2D eigenvalue weighted by Crippen LogP contribution is 2.37. The van der Waals surface area contributed by atoms with E-state index in [0.717, 1.165) is 17.9 Å². The lowest BCUT2D eigenvalue weighted by Gasteiger charge is -2.16. The molecule has 15 heavy (non-hydrogen) atoms. The van der Waals surface area contributed by atoms with Crippen LogP contribution in [0.1, 0.15) is 39.0 Å². The van der Waals surface area contributed by atoms with Gasteiger partial charge in [-0.15, -0.1) is 0 Å². The van der Waals surface area contributed by atoms with Crippen molar-refractivity contribution in [3.63, 3.8) is 0 Å². The van der Waals surface area contributed by atoms with Gasteiger partial charge in [-0.3, -0.25) is 0 Å². The van der Waals surface area contributed by atoms with Gasteiger partial charge in [0.15, 0.2) is 0 Å². The first-order valence-corrected chi connectivity index (χ1v) is 6.67. The third-order valence-corrected chi connectivity index (χ3v) is 3.80. The Labute approximate surface area is 94.4 Å². The average molecular weight is 210 g/mol. The van der Waals surface area contributed by atoms with E-state index in [1.807, 2.05) is 0 Å². The highest BCUT2D eigenvalue weighted by molar-refractivity contribution is 4.84. The Morgan fingerprint density at radius 3 is 2.60 bits per heavy atom. The first kappa shape index (κ1) is 11.4. The van der Waals surface area contributed by atoms with Gasteiger partial charge in [0.25, 0.3) is 0 Å². The molecule has 0 bridgehead atoms. The maximum Gasteiger partial charge on any atom is 0.00682 e. The normalized spacial score (nSPS) is 29.8. The number of hydrogen-bond donors (Lipinski definition) is 1. The molecule has 0 saturated heterocycles. The SMILES string of the molecule is CC1CC1CN(C)CCCCNC1CC1. The molecule has 1 N–H and O–H groups in total. The third kappa shape index (κ3) is 4.52. The zero-order chi connectivity index (χ0) is 10.7. The summed E-state index contributed by atoms with van der Waals surface area (Å²) in [6, 6.07) is 0.884. The van der Waals surface area contributed by atoms with Crippen LogP contribution in [0.2, 0.25) is 0 Å². The van der Waals surface area contributed by atoms with Crippen molar-refractivity contribution in [3.05, 3.63) is 0 Å². The highest BCUT2D eigenvalue weighted by atomic mass is 15.1. The van der Waals surface area contributed by atoms with Gasteiger partial charge in [-0.25, -0.2) is 0 Å². The molecule has 0 aromatic carbocycles. The molecule has 2 saturated carbocycles. The van der Waals surface area contributed by atoms with Crippen LogP contribution in [0.15, 0.2) is 0 Å². The molecule has 2 nitrogen and oxygen atoms in total. The van der Waals surface area contributed by atoms with Gasteiger partial charge in [0, 0.05) is 12.6 Å². The van der Waals surface area contributed by atoms with E-state index in [0.29, 0.717) is 0 Å². The Bertz CT molecular complexity index is 189. The first-order valence-electron chi connectivity index (χ1n) is 6.67. The topological polar surface area (TPSA) is 15.3 Å².